The summed E-state index contributed by atoms with van der Waals surface area (Å²) in [5.74, 6) is 0.0313. The molecule has 1 unspecified atom stereocenters. The van der Waals surface area contributed by atoms with Crippen LogP contribution >= 0.6 is 11.3 Å². The van der Waals surface area contributed by atoms with Crippen molar-refractivity contribution in [2.75, 3.05) is 5.32 Å². The molecule has 1 atom stereocenters. The highest BCUT2D eigenvalue weighted by atomic mass is 32.1. The minimum Gasteiger partial charge on any atom is -0.479 e. The SMILES string of the molecule is Cc1cc(NC(C(=O)O)c2cccs2)n2ncnc2n1. The molecule has 20 heavy (non-hydrogen) atoms. The second-order valence-electron chi connectivity index (χ2n) is 4.19. The van der Waals surface area contributed by atoms with E-state index < -0.39 is 12.0 Å². The predicted octanol–water partition coefficient (Wildman–Crippen LogP) is 1.73. The maximum Gasteiger partial charge on any atom is 0.331 e. The van der Waals surface area contributed by atoms with Crippen LogP contribution in [0.2, 0.25) is 0 Å². The van der Waals surface area contributed by atoms with Crippen molar-refractivity contribution in [1.29, 1.82) is 0 Å². The van der Waals surface area contributed by atoms with E-state index in [0.29, 0.717) is 11.6 Å². The number of anilines is 1. The molecule has 0 fully saturated rings. The number of nitrogens with one attached hydrogen (secondary N) is 1. The highest BCUT2D eigenvalue weighted by Gasteiger charge is 2.22. The zero-order chi connectivity index (χ0) is 14.1. The van der Waals surface area contributed by atoms with E-state index in [2.05, 4.69) is 20.4 Å². The molecule has 2 N–H and O–H groups in total. The predicted molar refractivity (Wildman–Crippen MR) is 73.8 cm³/mol. The Labute approximate surface area is 117 Å². The molecule has 0 aliphatic heterocycles. The lowest BCUT2D eigenvalue weighted by molar-refractivity contribution is -0.138. The number of carbonyl (C=O) groups is 1. The van der Waals surface area contributed by atoms with Crippen LogP contribution in [0.25, 0.3) is 5.78 Å². The molecule has 3 heterocycles. The average Bonchev–Trinajstić information content (AvgIpc) is 3.05. The lowest BCUT2D eigenvalue weighted by atomic mass is 10.2. The number of nitrogens with zero attached hydrogens (tertiary/aromatic N) is 4. The normalized spacial score (nSPS) is 12.4. The van der Waals surface area contributed by atoms with Gasteiger partial charge in [0.15, 0.2) is 6.04 Å². The molecule has 8 heteroatoms. The number of aliphatic carboxylic acids is 1. The van der Waals surface area contributed by atoms with Gasteiger partial charge in [0, 0.05) is 16.6 Å². The van der Waals surface area contributed by atoms with Gasteiger partial charge in [0.1, 0.15) is 12.1 Å². The Kier molecular flexibility index (Phi) is 3.07. The van der Waals surface area contributed by atoms with Gasteiger partial charge in [0.2, 0.25) is 0 Å². The molecule has 102 valence electrons. The molecular weight excluding hydrogens is 278 g/mol. The highest BCUT2D eigenvalue weighted by Crippen LogP contribution is 2.24. The molecule has 0 aliphatic carbocycles. The highest BCUT2D eigenvalue weighted by molar-refractivity contribution is 7.10. The maximum atomic E-state index is 11.4. The largest absolute Gasteiger partial charge is 0.479 e. The lowest BCUT2D eigenvalue weighted by Gasteiger charge is -2.15. The molecule has 3 aromatic rings. The Balaban J connectivity index is 2.02. The van der Waals surface area contributed by atoms with Gasteiger partial charge in [-0.3, -0.25) is 0 Å². The topological polar surface area (TPSA) is 92.4 Å². The second-order valence-corrected chi connectivity index (χ2v) is 5.16. The maximum absolute atomic E-state index is 11.4. The van der Waals surface area contributed by atoms with Gasteiger partial charge in [-0.1, -0.05) is 6.07 Å². The molecule has 0 amide bonds. The van der Waals surface area contributed by atoms with Crippen molar-refractivity contribution in [3.8, 4) is 0 Å². The third kappa shape index (κ3) is 2.21. The molecule has 0 saturated carbocycles. The summed E-state index contributed by atoms with van der Waals surface area (Å²) in [7, 11) is 0. The smallest absolute Gasteiger partial charge is 0.331 e. The first-order valence-corrected chi connectivity index (χ1v) is 6.73. The fourth-order valence-electron chi connectivity index (χ4n) is 1.89. The monoisotopic (exact) mass is 289 g/mol. The molecule has 0 aromatic carbocycles. The first-order chi connectivity index (χ1) is 9.65. The van der Waals surface area contributed by atoms with Crippen molar-refractivity contribution in [1.82, 2.24) is 19.6 Å². The van der Waals surface area contributed by atoms with Gasteiger partial charge in [-0.25, -0.2) is 9.78 Å². The lowest BCUT2D eigenvalue weighted by Crippen LogP contribution is -2.21. The van der Waals surface area contributed by atoms with Crippen LogP contribution in [0.1, 0.15) is 16.6 Å². The summed E-state index contributed by atoms with van der Waals surface area (Å²) in [6.45, 7) is 1.82. The standard InChI is InChI=1S/C12H11N5O2S/c1-7-5-9(17-12(15-7)13-6-14-17)16-10(11(18)19)8-3-2-4-20-8/h2-6,10,16H,1H3,(H,18,19). The van der Waals surface area contributed by atoms with Crippen LogP contribution in [-0.4, -0.2) is 30.7 Å². The van der Waals surface area contributed by atoms with Crippen LogP contribution in [-0.2, 0) is 4.79 Å². The minimum atomic E-state index is -0.949. The van der Waals surface area contributed by atoms with Gasteiger partial charge in [0.05, 0.1) is 0 Å². The molecule has 7 nitrogen and oxygen atoms in total. The van der Waals surface area contributed by atoms with Crippen LogP contribution in [0.4, 0.5) is 5.82 Å². The van der Waals surface area contributed by atoms with Crippen molar-refractivity contribution in [3.63, 3.8) is 0 Å². The summed E-state index contributed by atoms with van der Waals surface area (Å²) in [6, 6.07) is 4.51. The first kappa shape index (κ1) is 12.5. The second kappa shape index (κ2) is 4.89. The van der Waals surface area contributed by atoms with Gasteiger partial charge >= 0.3 is 5.97 Å². The number of hydrogen-bond donors (Lipinski definition) is 2. The Morgan fingerprint density at radius 3 is 3.10 bits per heavy atom. The number of aryl methyl sites for hydroxylation is 1. The van der Waals surface area contributed by atoms with Gasteiger partial charge < -0.3 is 10.4 Å². The zero-order valence-corrected chi connectivity index (χ0v) is 11.3. The summed E-state index contributed by atoms with van der Waals surface area (Å²) in [5, 5.41) is 18.3. The third-order valence-electron chi connectivity index (χ3n) is 2.75. The minimum absolute atomic E-state index is 0.433. The van der Waals surface area contributed by atoms with E-state index in [1.807, 2.05) is 18.4 Å². The van der Waals surface area contributed by atoms with Crippen LogP contribution in [0, 0.1) is 6.92 Å². The van der Waals surface area contributed by atoms with E-state index in [0.717, 1.165) is 10.6 Å². The molecule has 0 aliphatic rings. The summed E-state index contributed by atoms with van der Waals surface area (Å²) in [6.07, 6.45) is 1.38. The molecular formula is C12H11N5O2S. The Hall–Kier alpha value is -2.48. The van der Waals surface area contributed by atoms with Crippen molar-refractivity contribution >= 4 is 28.9 Å². The molecule has 0 spiro atoms. The van der Waals surface area contributed by atoms with Crippen molar-refractivity contribution < 1.29 is 9.90 Å². The van der Waals surface area contributed by atoms with Crippen LogP contribution in [0.15, 0.2) is 29.9 Å². The molecule has 0 radical (unpaired) electrons. The quantitative estimate of drug-likeness (QED) is 0.760. The van der Waals surface area contributed by atoms with E-state index in [4.69, 9.17) is 0 Å². The van der Waals surface area contributed by atoms with E-state index >= 15 is 0 Å². The first-order valence-electron chi connectivity index (χ1n) is 5.85. The Morgan fingerprint density at radius 2 is 2.40 bits per heavy atom. The average molecular weight is 289 g/mol. The van der Waals surface area contributed by atoms with Gasteiger partial charge in [0.25, 0.3) is 5.78 Å². The number of aromatic nitrogens is 4. The van der Waals surface area contributed by atoms with Crippen molar-refractivity contribution in [3.05, 3.63) is 40.5 Å². The van der Waals surface area contributed by atoms with Gasteiger partial charge in [-0.15, -0.1) is 11.3 Å². The Morgan fingerprint density at radius 1 is 1.55 bits per heavy atom. The van der Waals surface area contributed by atoms with E-state index in [1.165, 1.54) is 22.2 Å². The fourth-order valence-corrected chi connectivity index (χ4v) is 2.66. The summed E-state index contributed by atoms with van der Waals surface area (Å²) >= 11 is 1.39. The number of thiophene rings is 1. The van der Waals surface area contributed by atoms with E-state index in [9.17, 15) is 9.90 Å². The summed E-state index contributed by atoms with van der Waals surface area (Å²) in [4.78, 5) is 20.4. The molecule has 3 aromatic heterocycles. The van der Waals surface area contributed by atoms with Crippen molar-refractivity contribution in [2.24, 2.45) is 0 Å². The number of carboxylic acids is 1. The molecule has 0 bridgehead atoms. The third-order valence-corrected chi connectivity index (χ3v) is 3.68. The summed E-state index contributed by atoms with van der Waals surface area (Å²) < 4.78 is 1.48. The molecule has 0 saturated heterocycles. The van der Waals surface area contributed by atoms with E-state index in [1.54, 1.807) is 12.1 Å². The zero-order valence-electron chi connectivity index (χ0n) is 10.5. The number of fused-ring (bicyclic) bond motifs is 1. The summed E-state index contributed by atoms with van der Waals surface area (Å²) in [5.41, 5.74) is 0.739. The number of carboxylic acid groups (broad SMARTS) is 1. The van der Waals surface area contributed by atoms with Crippen LogP contribution < -0.4 is 5.32 Å². The fraction of sp³-hybridized carbons (Fsp3) is 0.167. The van der Waals surface area contributed by atoms with E-state index in [-0.39, 0.29) is 0 Å². The number of hydrogen-bond acceptors (Lipinski definition) is 6. The van der Waals surface area contributed by atoms with Gasteiger partial charge in [-0.05, 0) is 18.4 Å². The number of rotatable bonds is 4. The van der Waals surface area contributed by atoms with Crippen LogP contribution in [0.3, 0.4) is 0 Å². The Bertz CT molecular complexity index is 752. The van der Waals surface area contributed by atoms with Gasteiger partial charge in [-0.2, -0.15) is 14.6 Å². The van der Waals surface area contributed by atoms with Crippen LogP contribution in [0.5, 0.6) is 0 Å². The molecule has 3 rings (SSSR count). The van der Waals surface area contributed by atoms with Crippen molar-refractivity contribution in [2.45, 2.75) is 13.0 Å².